The Morgan fingerprint density at radius 3 is 2.94 bits per heavy atom. The summed E-state index contributed by atoms with van der Waals surface area (Å²) < 4.78 is 26.5. The minimum atomic E-state index is -0.929. The number of nitrogens with one attached hydrogen (secondary N) is 1. The number of hydrogen-bond donors (Lipinski definition) is 2. The van der Waals surface area contributed by atoms with E-state index in [1.54, 1.807) is 0 Å². The Kier molecular flexibility index (Phi) is 3.38. The van der Waals surface area contributed by atoms with E-state index in [4.69, 9.17) is 5.11 Å². The van der Waals surface area contributed by atoms with Gasteiger partial charge in [0, 0.05) is 12.1 Å². The van der Waals surface area contributed by atoms with Crippen LogP contribution in [0.5, 0.6) is 0 Å². The van der Waals surface area contributed by atoms with Gasteiger partial charge in [0.2, 0.25) is 0 Å². The molecule has 3 nitrogen and oxygen atoms in total. The summed E-state index contributed by atoms with van der Waals surface area (Å²) in [6, 6.07) is 2.19. The first-order valence-electron chi connectivity index (χ1n) is 5.48. The van der Waals surface area contributed by atoms with Crippen LogP contribution in [0.2, 0.25) is 0 Å². The van der Waals surface area contributed by atoms with Crippen LogP contribution in [0.25, 0.3) is 0 Å². The van der Waals surface area contributed by atoms with E-state index < -0.39 is 17.6 Å². The number of fused-ring (bicyclic) bond motifs is 1. The standard InChI is InChI=1S/C12H13F2NO2/c13-8-3-7-4-9(15-6-12(16)17)1-2-10(7)11(14)5-8/h3,5,9,15H,1-2,4,6H2,(H,16,17). The molecule has 0 heterocycles. The number of rotatable bonds is 3. The molecule has 0 saturated carbocycles. The molecule has 0 aromatic heterocycles. The Balaban J connectivity index is 2.10. The topological polar surface area (TPSA) is 49.3 Å². The van der Waals surface area contributed by atoms with E-state index >= 15 is 0 Å². The molecule has 1 aromatic rings. The van der Waals surface area contributed by atoms with Crippen molar-refractivity contribution < 1.29 is 18.7 Å². The molecule has 1 unspecified atom stereocenters. The van der Waals surface area contributed by atoms with Gasteiger partial charge in [0.05, 0.1) is 6.54 Å². The first-order chi connectivity index (χ1) is 8.06. The molecule has 1 atom stereocenters. The van der Waals surface area contributed by atoms with Gasteiger partial charge in [0.15, 0.2) is 0 Å². The maximum absolute atomic E-state index is 13.4. The van der Waals surface area contributed by atoms with E-state index in [1.165, 1.54) is 6.07 Å². The highest BCUT2D eigenvalue weighted by Crippen LogP contribution is 2.25. The van der Waals surface area contributed by atoms with Crippen molar-refractivity contribution in [1.29, 1.82) is 0 Å². The fraction of sp³-hybridized carbons (Fsp3) is 0.417. The van der Waals surface area contributed by atoms with Crippen molar-refractivity contribution in [3.63, 3.8) is 0 Å². The maximum Gasteiger partial charge on any atom is 0.317 e. The number of benzene rings is 1. The van der Waals surface area contributed by atoms with Crippen molar-refractivity contribution in [1.82, 2.24) is 5.32 Å². The summed E-state index contributed by atoms with van der Waals surface area (Å²) in [6.45, 7) is -0.127. The second-order valence-electron chi connectivity index (χ2n) is 4.24. The van der Waals surface area contributed by atoms with Gasteiger partial charge in [-0.25, -0.2) is 8.78 Å². The van der Waals surface area contributed by atoms with Gasteiger partial charge in [-0.3, -0.25) is 4.79 Å². The smallest absolute Gasteiger partial charge is 0.317 e. The molecule has 0 aliphatic heterocycles. The summed E-state index contributed by atoms with van der Waals surface area (Å²) in [5, 5.41) is 11.4. The van der Waals surface area contributed by atoms with Crippen LogP contribution in [0, 0.1) is 11.6 Å². The van der Waals surface area contributed by atoms with Gasteiger partial charge < -0.3 is 10.4 Å². The predicted molar refractivity (Wildman–Crippen MR) is 57.8 cm³/mol. The molecule has 0 saturated heterocycles. The third-order valence-corrected chi connectivity index (χ3v) is 3.00. The minimum Gasteiger partial charge on any atom is -0.480 e. The first kappa shape index (κ1) is 12.0. The van der Waals surface area contributed by atoms with Crippen LogP contribution in [0.3, 0.4) is 0 Å². The second-order valence-corrected chi connectivity index (χ2v) is 4.24. The Labute approximate surface area is 97.5 Å². The van der Waals surface area contributed by atoms with Crippen LogP contribution in [-0.4, -0.2) is 23.7 Å². The van der Waals surface area contributed by atoms with Crippen molar-refractivity contribution >= 4 is 5.97 Å². The Bertz CT molecular complexity index is 448. The summed E-state index contributed by atoms with van der Waals surface area (Å²) in [7, 11) is 0. The zero-order valence-electron chi connectivity index (χ0n) is 9.17. The molecule has 2 N–H and O–H groups in total. The van der Waals surface area contributed by atoms with Crippen molar-refractivity contribution in [3.05, 3.63) is 34.9 Å². The van der Waals surface area contributed by atoms with E-state index in [9.17, 15) is 13.6 Å². The van der Waals surface area contributed by atoms with Gasteiger partial charge in [-0.2, -0.15) is 0 Å². The maximum atomic E-state index is 13.4. The average Bonchev–Trinajstić information content (AvgIpc) is 2.25. The largest absolute Gasteiger partial charge is 0.480 e. The molecule has 17 heavy (non-hydrogen) atoms. The molecule has 0 bridgehead atoms. The predicted octanol–water partition coefficient (Wildman–Crippen LogP) is 1.50. The van der Waals surface area contributed by atoms with E-state index in [2.05, 4.69) is 5.32 Å². The van der Waals surface area contributed by atoms with Crippen molar-refractivity contribution in [3.8, 4) is 0 Å². The molecular formula is C12H13F2NO2. The van der Waals surface area contributed by atoms with Crippen molar-refractivity contribution in [2.75, 3.05) is 6.54 Å². The van der Waals surface area contributed by atoms with E-state index in [1.807, 2.05) is 0 Å². The van der Waals surface area contributed by atoms with Gasteiger partial charge in [-0.1, -0.05) is 0 Å². The van der Waals surface area contributed by atoms with E-state index in [-0.39, 0.29) is 12.6 Å². The van der Waals surface area contributed by atoms with Crippen molar-refractivity contribution in [2.24, 2.45) is 0 Å². The second kappa shape index (κ2) is 4.79. The molecule has 0 fully saturated rings. The number of aliphatic carboxylic acids is 1. The Hall–Kier alpha value is -1.49. The fourth-order valence-electron chi connectivity index (χ4n) is 2.21. The molecule has 2 rings (SSSR count). The Morgan fingerprint density at radius 2 is 2.24 bits per heavy atom. The van der Waals surface area contributed by atoms with E-state index in [0.717, 1.165) is 6.07 Å². The van der Waals surface area contributed by atoms with Gasteiger partial charge in [0.1, 0.15) is 11.6 Å². The lowest BCUT2D eigenvalue weighted by Crippen LogP contribution is -2.38. The summed E-state index contributed by atoms with van der Waals surface area (Å²) in [5.41, 5.74) is 1.19. The number of carboxylic acids is 1. The van der Waals surface area contributed by atoms with Crippen LogP contribution >= 0.6 is 0 Å². The fourth-order valence-corrected chi connectivity index (χ4v) is 2.21. The molecular weight excluding hydrogens is 228 g/mol. The zero-order valence-corrected chi connectivity index (χ0v) is 9.17. The average molecular weight is 241 g/mol. The van der Waals surface area contributed by atoms with E-state index in [0.29, 0.717) is 30.4 Å². The van der Waals surface area contributed by atoms with Crippen LogP contribution in [0.15, 0.2) is 12.1 Å². The number of hydrogen-bond acceptors (Lipinski definition) is 2. The Morgan fingerprint density at radius 1 is 1.47 bits per heavy atom. The highest BCUT2D eigenvalue weighted by atomic mass is 19.1. The summed E-state index contributed by atoms with van der Waals surface area (Å²) in [5.74, 6) is -2.02. The van der Waals surface area contributed by atoms with Crippen LogP contribution in [0.4, 0.5) is 8.78 Å². The quantitative estimate of drug-likeness (QED) is 0.843. The molecule has 0 amide bonds. The molecule has 92 valence electrons. The number of carbonyl (C=O) groups is 1. The molecule has 5 heteroatoms. The summed E-state index contributed by atoms with van der Waals surface area (Å²) >= 11 is 0. The minimum absolute atomic E-state index is 0.0280. The molecule has 1 aromatic carbocycles. The molecule has 1 aliphatic carbocycles. The lowest BCUT2D eigenvalue weighted by Gasteiger charge is -2.25. The number of halogens is 2. The highest BCUT2D eigenvalue weighted by molar-refractivity contribution is 5.69. The normalized spacial score (nSPS) is 18.8. The lowest BCUT2D eigenvalue weighted by atomic mass is 9.88. The van der Waals surface area contributed by atoms with Crippen LogP contribution in [0.1, 0.15) is 17.5 Å². The molecule has 0 spiro atoms. The van der Waals surface area contributed by atoms with Crippen molar-refractivity contribution in [2.45, 2.75) is 25.3 Å². The lowest BCUT2D eigenvalue weighted by molar-refractivity contribution is -0.136. The van der Waals surface area contributed by atoms with Crippen LogP contribution in [-0.2, 0) is 17.6 Å². The van der Waals surface area contributed by atoms with Crippen LogP contribution < -0.4 is 5.32 Å². The third kappa shape index (κ3) is 2.79. The third-order valence-electron chi connectivity index (χ3n) is 3.00. The van der Waals surface area contributed by atoms with Gasteiger partial charge in [-0.15, -0.1) is 0 Å². The monoisotopic (exact) mass is 241 g/mol. The SMILES string of the molecule is O=C(O)CNC1CCc2c(F)cc(F)cc2C1. The molecule has 0 radical (unpaired) electrons. The molecule has 1 aliphatic rings. The zero-order chi connectivity index (χ0) is 12.4. The first-order valence-corrected chi connectivity index (χ1v) is 5.48. The number of carboxylic acid groups (broad SMARTS) is 1. The summed E-state index contributed by atoms with van der Waals surface area (Å²) in [6.07, 6.45) is 1.65. The van der Waals surface area contributed by atoms with Gasteiger partial charge in [0.25, 0.3) is 0 Å². The van der Waals surface area contributed by atoms with Gasteiger partial charge in [-0.05, 0) is 36.5 Å². The highest BCUT2D eigenvalue weighted by Gasteiger charge is 2.22. The van der Waals surface area contributed by atoms with Gasteiger partial charge >= 0.3 is 5.97 Å². The summed E-state index contributed by atoms with van der Waals surface area (Å²) in [4.78, 5) is 10.4.